The van der Waals surface area contributed by atoms with Gasteiger partial charge in [-0.2, -0.15) is 36.8 Å². The molecule has 11 aromatic rings. The number of rotatable bonds is 2. The van der Waals surface area contributed by atoms with Crippen molar-refractivity contribution in [2.45, 2.75) is 27.7 Å². The van der Waals surface area contributed by atoms with E-state index >= 15 is 0 Å². The number of fused-ring (bicyclic) bond motifs is 6. The molecule has 0 spiro atoms. The van der Waals surface area contributed by atoms with Crippen LogP contribution in [0.4, 0.5) is 0 Å². The average Bonchev–Trinajstić information content (AvgIpc) is 3.87. The number of halogens is 2. The van der Waals surface area contributed by atoms with Gasteiger partial charge in [-0.25, -0.2) is 0 Å². The standard InChI is InChI=1S/2C25H19.C7H7.2ClH.Si.Zr/c2*1-16-12-23-17(2)10-11-22(25(23)13-16)21-9-5-8-20-14-18-6-3-4-7-19(18)15-24(20)21;1-7-5-3-2-4-6-7;;;;/h2*3-15H,1-2H3;2-6H,1H2;2*1H;;/q3*-1;;;;. The van der Waals surface area contributed by atoms with Gasteiger partial charge < -0.3 is 0 Å². The first-order chi connectivity index (χ1) is 28.8. The van der Waals surface area contributed by atoms with Crippen LogP contribution in [0.5, 0.6) is 0 Å². The number of hydrogen-bond donors (Lipinski definition) is 0. The third-order valence-corrected chi connectivity index (χ3v) is 11.4. The van der Waals surface area contributed by atoms with E-state index in [-0.39, 0.29) is 24.8 Å². The molecule has 2 radical (unpaired) electrons. The third kappa shape index (κ3) is 9.50. The molecule has 0 nitrogen and oxygen atoms in total. The molecule has 11 rings (SSSR count). The first-order valence-corrected chi connectivity index (χ1v) is 24.3. The monoisotopic (exact) mass is 919 g/mol. The molecule has 0 aliphatic heterocycles. The Kier molecular flexibility index (Phi) is 14.9. The second kappa shape index (κ2) is 20.1. The van der Waals surface area contributed by atoms with Crippen molar-refractivity contribution in [1.82, 2.24) is 0 Å². The van der Waals surface area contributed by atoms with E-state index in [0.717, 1.165) is 5.56 Å². The molecule has 0 bridgehead atoms. The molecule has 0 fully saturated rings. The fraction of sp³-hybridized carbons (Fsp3) is 0.0702. The van der Waals surface area contributed by atoms with Gasteiger partial charge in [0.2, 0.25) is 0 Å². The Balaban J connectivity index is 0.000000166. The maximum absolute atomic E-state index is 3.72. The Labute approximate surface area is 389 Å². The van der Waals surface area contributed by atoms with E-state index in [2.05, 4.69) is 199 Å². The molecule has 300 valence electrons. The molecule has 0 saturated heterocycles. The third-order valence-electron chi connectivity index (χ3n) is 11.4. The van der Waals surface area contributed by atoms with Crippen LogP contribution in [0.15, 0.2) is 188 Å². The normalized spacial score (nSPS) is 10.5. The summed E-state index contributed by atoms with van der Waals surface area (Å²) in [6.07, 6.45) is 0. The zero-order valence-electron chi connectivity index (χ0n) is 34.9. The molecule has 0 unspecified atom stereocenters. The zero-order chi connectivity index (χ0) is 41.0. The fourth-order valence-corrected chi connectivity index (χ4v) is 8.53. The number of hydrogen-bond acceptors (Lipinski definition) is 0. The van der Waals surface area contributed by atoms with Gasteiger partial charge in [0.15, 0.2) is 0 Å². The molecular weight excluding hydrogens is 875 g/mol. The molecule has 0 amide bonds. The second-order valence-corrected chi connectivity index (χ2v) is 15.5. The number of benzene rings is 9. The minimum absolute atomic E-state index is 0. The van der Waals surface area contributed by atoms with E-state index in [1.54, 1.807) is 0 Å². The zero-order valence-corrected chi connectivity index (χ0v) is 40.0. The fourth-order valence-electron chi connectivity index (χ4n) is 8.53. The van der Waals surface area contributed by atoms with Gasteiger partial charge in [0.1, 0.15) is 0 Å². The van der Waals surface area contributed by atoms with Crippen molar-refractivity contribution < 1.29 is 23.3 Å². The van der Waals surface area contributed by atoms with E-state index in [9.17, 15) is 0 Å². The van der Waals surface area contributed by atoms with Crippen LogP contribution in [0, 0.1) is 34.6 Å². The second-order valence-electron chi connectivity index (χ2n) is 15.5. The molecule has 61 heavy (non-hydrogen) atoms. The van der Waals surface area contributed by atoms with E-state index in [1.165, 1.54) is 132 Å². The predicted octanol–water partition coefficient (Wildman–Crippen LogP) is 16.6. The summed E-state index contributed by atoms with van der Waals surface area (Å²) in [5.74, 6) is 0. The summed E-state index contributed by atoms with van der Waals surface area (Å²) in [6.45, 7) is 15.5. The Morgan fingerprint density at radius 2 is 0.705 bits per heavy atom. The minimum atomic E-state index is 0. The molecular formula is C57H47Cl2SiZr-3. The van der Waals surface area contributed by atoms with Crippen LogP contribution in [0.3, 0.4) is 0 Å². The van der Waals surface area contributed by atoms with E-state index in [0.29, 0.717) is 0 Å². The van der Waals surface area contributed by atoms with Gasteiger partial charge in [0.25, 0.3) is 0 Å². The van der Waals surface area contributed by atoms with Gasteiger partial charge >= 0.3 is 30.2 Å². The molecule has 0 aromatic heterocycles. The van der Waals surface area contributed by atoms with E-state index in [4.69, 9.17) is 0 Å². The molecule has 0 N–H and O–H groups in total. The van der Waals surface area contributed by atoms with Crippen LogP contribution in [0.2, 0.25) is 0 Å². The van der Waals surface area contributed by atoms with Gasteiger partial charge in [0, 0.05) is 0 Å². The van der Waals surface area contributed by atoms with Gasteiger partial charge in [0.05, 0.1) is 0 Å². The average molecular weight is 922 g/mol. The van der Waals surface area contributed by atoms with Gasteiger partial charge in [-0.3, -0.25) is 0 Å². The van der Waals surface area contributed by atoms with E-state index in [1.807, 2.05) is 30.3 Å². The SMILES string of the molecule is Cc1cc2c(-c3cccc4cc5ccccc5cc34)ccc(C)c2[cH-]1.Cc1cc2c(-c3cccc4cc5ccccc5cc34)ccc(C)c2[cH-]1.Cl.Cl.[CH2-]c1ccccc1.[Si]=[Zr]. The van der Waals surface area contributed by atoms with Crippen molar-refractivity contribution in [2.75, 3.05) is 0 Å². The van der Waals surface area contributed by atoms with Crippen LogP contribution in [0.25, 0.3) is 86.9 Å². The van der Waals surface area contributed by atoms with Crippen LogP contribution < -0.4 is 0 Å². The quantitative estimate of drug-likeness (QED) is 0.0921. The van der Waals surface area contributed by atoms with Gasteiger partial charge in [-0.1, -0.05) is 142 Å². The first kappa shape index (κ1) is 45.3. The maximum atomic E-state index is 3.72. The molecule has 4 heteroatoms. The van der Waals surface area contributed by atoms with Crippen molar-refractivity contribution >= 4 is 96.3 Å². The van der Waals surface area contributed by atoms with Crippen molar-refractivity contribution in [3.05, 3.63) is 223 Å². The molecule has 0 saturated carbocycles. The summed E-state index contributed by atoms with van der Waals surface area (Å²) in [7, 11) is 0. The molecule has 11 aromatic carbocycles. The molecule has 0 atom stereocenters. The summed E-state index contributed by atoms with van der Waals surface area (Å²) in [6, 6.07) is 67.9. The summed E-state index contributed by atoms with van der Waals surface area (Å²) >= 11 is 1.36. The Bertz CT molecular complexity index is 3060. The van der Waals surface area contributed by atoms with Crippen molar-refractivity contribution in [2.24, 2.45) is 0 Å². The van der Waals surface area contributed by atoms with Crippen LogP contribution in [-0.4, -0.2) is 6.88 Å². The summed E-state index contributed by atoms with van der Waals surface area (Å²) in [5, 5.41) is 15.9. The van der Waals surface area contributed by atoms with Crippen molar-refractivity contribution in [1.29, 1.82) is 0 Å². The summed E-state index contributed by atoms with van der Waals surface area (Å²) < 4.78 is 0. The molecule has 0 aliphatic carbocycles. The number of aryl methyl sites for hydroxylation is 4. The Hall–Kier alpha value is -5.21. The van der Waals surface area contributed by atoms with Gasteiger partial charge in [-0.05, 0) is 78.5 Å². The summed E-state index contributed by atoms with van der Waals surface area (Å²) in [4.78, 5) is 0. The Morgan fingerprint density at radius 3 is 1.08 bits per heavy atom. The van der Waals surface area contributed by atoms with Crippen LogP contribution in [-0.2, 0) is 23.3 Å². The Morgan fingerprint density at radius 1 is 0.361 bits per heavy atom. The molecule has 0 aliphatic rings. The van der Waals surface area contributed by atoms with Crippen molar-refractivity contribution in [3.8, 4) is 22.3 Å². The van der Waals surface area contributed by atoms with Crippen molar-refractivity contribution in [3.63, 3.8) is 0 Å². The summed E-state index contributed by atoms with van der Waals surface area (Å²) in [5.41, 5.74) is 11.7. The van der Waals surface area contributed by atoms with Gasteiger partial charge in [-0.15, -0.1) is 105 Å². The predicted molar refractivity (Wildman–Crippen MR) is 270 cm³/mol. The van der Waals surface area contributed by atoms with Crippen LogP contribution >= 0.6 is 24.8 Å². The van der Waals surface area contributed by atoms with Crippen LogP contribution in [0.1, 0.15) is 27.8 Å². The first-order valence-electron chi connectivity index (χ1n) is 20.1. The molecule has 0 heterocycles. The topological polar surface area (TPSA) is 0 Å². The van der Waals surface area contributed by atoms with E-state index < -0.39 is 0 Å².